The highest BCUT2D eigenvalue weighted by molar-refractivity contribution is 7.98. The lowest BCUT2D eigenvalue weighted by Crippen LogP contribution is -2.42. The molecule has 0 unspecified atom stereocenters. The Kier molecular flexibility index (Phi) is 6.84. The SMILES string of the molecule is CC(F)(F)C1CCN(C(=O)c2cccc(CSc3c(Cl)cccc3Cl)n2)CC1. The molecule has 0 aliphatic carbocycles. The molecule has 1 aromatic carbocycles. The van der Waals surface area contributed by atoms with Gasteiger partial charge in [-0.05, 0) is 44.0 Å². The van der Waals surface area contributed by atoms with E-state index in [1.54, 1.807) is 35.2 Å². The number of carbonyl (C=O) groups excluding carboxylic acids is 1. The van der Waals surface area contributed by atoms with Crippen LogP contribution in [0.4, 0.5) is 8.78 Å². The average Bonchev–Trinajstić information content (AvgIpc) is 2.67. The number of carbonyl (C=O) groups is 1. The summed E-state index contributed by atoms with van der Waals surface area (Å²) < 4.78 is 26.9. The van der Waals surface area contributed by atoms with Crippen molar-refractivity contribution in [3.05, 3.63) is 57.8 Å². The maximum atomic E-state index is 13.5. The van der Waals surface area contributed by atoms with Crippen molar-refractivity contribution in [1.29, 1.82) is 0 Å². The van der Waals surface area contributed by atoms with Gasteiger partial charge in [0.1, 0.15) is 5.69 Å². The highest BCUT2D eigenvalue weighted by Gasteiger charge is 2.37. The predicted molar refractivity (Wildman–Crippen MR) is 110 cm³/mol. The summed E-state index contributed by atoms with van der Waals surface area (Å²) in [6, 6.07) is 10.6. The van der Waals surface area contributed by atoms with Crippen LogP contribution in [-0.4, -0.2) is 34.8 Å². The number of rotatable bonds is 5. The number of hydrogen-bond acceptors (Lipinski definition) is 3. The van der Waals surface area contributed by atoms with Crippen molar-refractivity contribution < 1.29 is 13.6 Å². The van der Waals surface area contributed by atoms with Gasteiger partial charge in [-0.25, -0.2) is 13.8 Å². The van der Waals surface area contributed by atoms with E-state index in [1.165, 1.54) is 11.8 Å². The van der Waals surface area contributed by atoms with Crippen molar-refractivity contribution in [2.24, 2.45) is 5.92 Å². The van der Waals surface area contributed by atoms with Crippen LogP contribution in [0, 0.1) is 5.92 Å². The molecule has 8 heteroatoms. The van der Waals surface area contributed by atoms with E-state index in [1.807, 2.05) is 6.07 Å². The molecule has 1 saturated heterocycles. The smallest absolute Gasteiger partial charge is 0.272 e. The number of benzene rings is 1. The fourth-order valence-electron chi connectivity index (χ4n) is 3.20. The third kappa shape index (κ3) is 5.16. The molecule has 0 radical (unpaired) electrons. The first-order chi connectivity index (χ1) is 13.3. The zero-order valence-electron chi connectivity index (χ0n) is 15.3. The molecule has 0 atom stereocenters. The fraction of sp³-hybridized carbons (Fsp3) is 0.400. The molecule has 1 aliphatic rings. The molecule has 2 aromatic rings. The largest absolute Gasteiger partial charge is 0.337 e. The second kappa shape index (κ2) is 8.97. The van der Waals surface area contributed by atoms with E-state index >= 15 is 0 Å². The van der Waals surface area contributed by atoms with E-state index in [0.29, 0.717) is 47.4 Å². The van der Waals surface area contributed by atoms with Crippen LogP contribution in [0.15, 0.2) is 41.3 Å². The van der Waals surface area contributed by atoms with E-state index in [4.69, 9.17) is 23.2 Å². The zero-order valence-corrected chi connectivity index (χ0v) is 17.6. The summed E-state index contributed by atoms with van der Waals surface area (Å²) in [5, 5.41) is 1.14. The zero-order chi connectivity index (χ0) is 20.3. The van der Waals surface area contributed by atoms with Gasteiger partial charge in [0, 0.05) is 29.7 Å². The molecule has 150 valence electrons. The lowest BCUT2D eigenvalue weighted by Gasteiger charge is -2.34. The molecule has 28 heavy (non-hydrogen) atoms. The van der Waals surface area contributed by atoms with Crippen molar-refractivity contribution in [2.75, 3.05) is 13.1 Å². The Morgan fingerprint density at radius 3 is 2.39 bits per heavy atom. The minimum atomic E-state index is -2.70. The second-order valence-corrected chi connectivity index (χ2v) is 8.68. The first-order valence-corrected chi connectivity index (χ1v) is 10.7. The van der Waals surface area contributed by atoms with E-state index in [2.05, 4.69) is 4.98 Å². The van der Waals surface area contributed by atoms with Gasteiger partial charge >= 0.3 is 0 Å². The summed E-state index contributed by atoms with van der Waals surface area (Å²) in [5.74, 6) is -3.09. The highest BCUT2D eigenvalue weighted by atomic mass is 35.5. The number of pyridine rings is 1. The summed E-state index contributed by atoms with van der Waals surface area (Å²) in [6.45, 7) is 1.59. The molecule has 3 nitrogen and oxygen atoms in total. The van der Waals surface area contributed by atoms with Crippen molar-refractivity contribution >= 4 is 40.9 Å². The third-order valence-electron chi connectivity index (χ3n) is 4.81. The van der Waals surface area contributed by atoms with E-state index < -0.39 is 11.8 Å². The molecule has 0 saturated carbocycles. The van der Waals surface area contributed by atoms with Gasteiger partial charge in [-0.3, -0.25) is 4.79 Å². The van der Waals surface area contributed by atoms with E-state index in [0.717, 1.165) is 17.5 Å². The molecule has 3 rings (SSSR count). The lowest BCUT2D eigenvalue weighted by atomic mass is 9.91. The number of amides is 1. The number of nitrogens with zero attached hydrogens (tertiary/aromatic N) is 2. The number of halogens is 4. The van der Waals surface area contributed by atoms with Crippen LogP contribution in [0.1, 0.15) is 35.9 Å². The summed E-state index contributed by atoms with van der Waals surface area (Å²) >= 11 is 13.8. The number of thioether (sulfide) groups is 1. The Bertz CT molecular complexity index is 832. The van der Waals surface area contributed by atoms with Gasteiger partial charge in [-0.2, -0.15) is 0 Å². The van der Waals surface area contributed by atoms with Crippen LogP contribution in [0.2, 0.25) is 10.0 Å². The van der Waals surface area contributed by atoms with Crippen LogP contribution in [0.5, 0.6) is 0 Å². The molecule has 0 N–H and O–H groups in total. The molecule has 1 aliphatic heterocycles. The van der Waals surface area contributed by atoms with Gasteiger partial charge in [0.05, 0.1) is 15.7 Å². The van der Waals surface area contributed by atoms with Gasteiger partial charge in [-0.15, -0.1) is 11.8 Å². The maximum Gasteiger partial charge on any atom is 0.272 e. The van der Waals surface area contributed by atoms with E-state index in [9.17, 15) is 13.6 Å². The minimum Gasteiger partial charge on any atom is -0.337 e. The minimum absolute atomic E-state index is 0.222. The maximum absolute atomic E-state index is 13.5. The number of alkyl halides is 2. The lowest BCUT2D eigenvalue weighted by molar-refractivity contribution is -0.0595. The van der Waals surface area contributed by atoms with Crippen molar-refractivity contribution in [3.63, 3.8) is 0 Å². The predicted octanol–water partition coefficient (Wildman–Crippen LogP) is 6.19. The highest BCUT2D eigenvalue weighted by Crippen LogP contribution is 2.35. The standard InChI is InChI=1S/C20H20Cl2F2N2OS/c1-20(23,24)13-8-10-26(11-9-13)19(27)17-7-2-4-14(25-17)12-28-18-15(21)5-3-6-16(18)22/h2-7,13H,8-12H2,1H3. The molecule has 0 bridgehead atoms. The first-order valence-electron chi connectivity index (χ1n) is 8.95. The fourth-order valence-corrected chi connectivity index (χ4v) is 4.79. The van der Waals surface area contributed by atoms with Crippen molar-refractivity contribution in [3.8, 4) is 0 Å². The first kappa shape index (κ1) is 21.3. The Labute approximate surface area is 177 Å². The van der Waals surface area contributed by atoms with Crippen molar-refractivity contribution in [1.82, 2.24) is 9.88 Å². The monoisotopic (exact) mass is 444 g/mol. The average molecular weight is 445 g/mol. The molecule has 2 heterocycles. The van der Waals surface area contributed by atoms with Crippen LogP contribution in [0.3, 0.4) is 0 Å². The number of likely N-dealkylation sites (tertiary alicyclic amines) is 1. The molecule has 1 amide bonds. The summed E-state index contributed by atoms with van der Waals surface area (Å²) in [7, 11) is 0. The molecule has 0 spiro atoms. The van der Waals surface area contributed by atoms with Gasteiger partial charge in [0.2, 0.25) is 5.92 Å². The van der Waals surface area contributed by atoms with Crippen molar-refractivity contribution in [2.45, 2.75) is 36.3 Å². The van der Waals surface area contributed by atoms with Crippen LogP contribution >= 0.6 is 35.0 Å². The summed E-state index contributed by atoms with van der Waals surface area (Å²) in [6.07, 6.45) is 0.603. The molecular weight excluding hydrogens is 425 g/mol. The van der Waals surface area contributed by atoms with Gasteiger partial charge in [0.25, 0.3) is 5.91 Å². The summed E-state index contributed by atoms with van der Waals surface area (Å²) in [4.78, 5) is 19.5. The Hall–Kier alpha value is -1.37. The van der Waals surface area contributed by atoms with Crippen LogP contribution in [0.25, 0.3) is 0 Å². The van der Waals surface area contributed by atoms with Gasteiger partial charge < -0.3 is 4.90 Å². The van der Waals surface area contributed by atoms with Crippen LogP contribution < -0.4 is 0 Å². The Morgan fingerprint density at radius 1 is 1.18 bits per heavy atom. The van der Waals surface area contributed by atoms with Crippen LogP contribution in [-0.2, 0) is 5.75 Å². The van der Waals surface area contributed by atoms with Gasteiger partial charge in [-0.1, -0.05) is 35.3 Å². The Morgan fingerprint density at radius 2 is 1.79 bits per heavy atom. The normalized spacial score (nSPS) is 15.7. The molecule has 1 fully saturated rings. The Balaban J connectivity index is 1.64. The number of aromatic nitrogens is 1. The topological polar surface area (TPSA) is 33.2 Å². The molecule has 1 aromatic heterocycles. The quantitative estimate of drug-likeness (QED) is 0.515. The number of hydrogen-bond donors (Lipinski definition) is 0. The van der Waals surface area contributed by atoms with Gasteiger partial charge in [0.15, 0.2) is 0 Å². The van der Waals surface area contributed by atoms with E-state index in [-0.39, 0.29) is 5.91 Å². The molecular formula is C20H20Cl2F2N2OS. The second-order valence-electron chi connectivity index (χ2n) is 6.88. The number of piperidine rings is 1. The third-order valence-corrected chi connectivity index (χ3v) is 6.83. The summed E-state index contributed by atoms with van der Waals surface area (Å²) in [5.41, 5.74) is 1.05.